The van der Waals surface area contributed by atoms with Gasteiger partial charge in [0.15, 0.2) is 6.29 Å². The number of nitro benzene ring substituents is 1. The molecule has 1 fully saturated rings. The molecular weight excluding hydrogens is 326 g/mol. The SMILES string of the molecule is O=C(Cc1ccc([N+](=O)[O-])cc1)OC[C@H]1O[C@@H](O)[C@H](O)[C@@H](O)[C@@H]1O. The van der Waals surface area contributed by atoms with Gasteiger partial charge in [0.2, 0.25) is 0 Å². The molecule has 5 atom stereocenters. The van der Waals surface area contributed by atoms with E-state index in [4.69, 9.17) is 9.47 Å². The van der Waals surface area contributed by atoms with Gasteiger partial charge < -0.3 is 29.9 Å². The molecule has 1 aliphatic rings. The number of benzene rings is 1. The fraction of sp³-hybridized carbons (Fsp3) is 0.500. The van der Waals surface area contributed by atoms with Gasteiger partial charge >= 0.3 is 5.97 Å². The van der Waals surface area contributed by atoms with Crippen molar-refractivity contribution < 1.29 is 39.6 Å². The molecule has 1 saturated heterocycles. The maximum absolute atomic E-state index is 11.7. The zero-order valence-electron chi connectivity index (χ0n) is 12.4. The Kier molecular flexibility index (Phi) is 5.80. The quantitative estimate of drug-likeness (QED) is 0.283. The summed E-state index contributed by atoms with van der Waals surface area (Å²) in [6.45, 7) is -0.437. The van der Waals surface area contributed by atoms with Gasteiger partial charge in [-0.25, -0.2) is 0 Å². The van der Waals surface area contributed by atoms with Crippen molar-refractivity contribution in [1.29, 1.82) is 0 Å². The monoisotopic (exact) mass is 343 g/mol. The van der Waals surface area contributed by atoms with Gasteiger partial charge in [0.25, 0.3) is 5.69 Å². The van der Waals surface area contributed by atoms with Crippen LogP contribution in [0.4, 0.5) is 5.69 Å². The Morgan fingerprint density at radius 2 is 1.75 bits per heavy atom. The summed E-state index contributed by atoms with van der Waals surface area (Å²) < 4.78 is 9.77. The van der Waals surface area contributed by atoms with E-state index in [0.717, 1.165) is 0 Å². The number of ether oxygens (including phenoxy) is 2. The fourth-order valence-corrected chi connectivity index (χ4v) is 2.20. The summed E-state index contributed by atoms with van der Waals surface area (Å²) in [7, 11) is 0. The number of aliphatic hydroxyl groups excluding tert-OH is 4. The maximum atomic E-state index is 11.7. The molecule has 0 aliphatic carbocycles. The highest BCUT2D eigenvalue weighted by atomic mass is 16.7. The van der Waals surface area contributed by atoms with E-state index in [9.17, 15) is 35.3 Å². The first-order chi connectivity index (χ1) is 11.3. The van der Waals surface area contributed by atoms with Crippen molar-refractivity contribution in [3.05, 3.63) is 39.9 Å². The summed E-state index contributed by atoms with van der Waals surface area (Å²) >= 11 is 0. The Morgan fingerprint density at radius 3 is 2.33 bits per heavy atom. The number of rotatable bonds is 5. The van der Waals surface area contributed by atoms with E-state index < -0.39 is 48.2 Å². The summed E-state index contributed by atoms with van der Waals surface area (Å²) in [5, 5.41) is 48.5. The van der Waals surface area contributed by atoms with Crippen molar-refractivity contribution >= 4 is 11.7 Å². The van der Waals surface area contributed by atoms with Gasteiger partial charge in [0.05, 0.1) is 11.3 Å². The van der Waals surface area contributed by atoms with Crippen LogP contribution in [-0.4, -0.2) is 68.6 Å². The van der Waals surface area contributed by atoms with Crippen LogP contribution in [0, 0.1) is 10.1 Å². The highest BCUT2D eigenvalue weighted by molar-refractivity contribution is 5.72. The largest absolute Gasteiger partial charge is 0.463 e. The number of nitro groups is 1. The molecule has 1 heterocycles. The van der Waals surface area contributed by atoms with Crippen LogP contribution < -0.4 is 0 Å². The second-order valence-electron chi connectivity index (χ2n) is 5.32. The molecule has 1 aromatic rings. The average molecular weight is 343 g/mol. The summed E-state index contributed by atoms with van der Waals surface area (Å²) in [6.07, 6.45) is -7.88. The van der Waals surface area contributed by atoms with Crippen molar-refractivity contribution in [2.24, 2.45) is 0 Å². The van der Waals surface area contributed by atoms with Crippen molar-refractivity contribution in [1.82, 2.24) is 0 Å². The van der Waals surface area contributed by atoms with Crippen molar-refractivity contribution in [3.8, 4) is 0 Å². The molecular formula is C14H17NO9. The minimum atomic E-state index is -1.71. The second-order valence-corrected chi connectivity index (χ2v) is 5.32. The molecule has 10 nitrogen and oxygen atoms in total. The third-order valence-corrected chi connectivity index (χ3v) is 3.59. The van der Waals surface area contributed by atoms with Gasteiger partial charge in [-0.2, -0.15) is 0 Å². The van der Waals surface area contributed by atoms with E-state index in [1.165, 1.54) is 24.3 Å². The Labute approximate surface area is 136 Å². The smallest absolute Gasteiger partial charge is 0.310 e. The second kappa shape index (κ2) is 7.64. The summed E-state index contributed by atoms with van der Waals surface area (Å²) in [6, 6.07) is 5.33. The number of esters is 1. The van der Waals surface area contributed by atoms with Crippen LogP contribution in [0.1, 0.15) is 5.56 Å². The molecule has 0 spiro atoms. The molecule has 0 unspecified atom stereocenters. The zero-order chi connectivity index (χ0) is 17.9. The van der Waals surface area contributed by atoms with Crippen LogP contribution in [0.2, 0.25) is 0 Å². The van der Waals surface area contributed by atoms with E-state index >= 15 is 0 Å². The standard InChI is InChI=1S/C14H17NO9/c16-10(5-7-1-3-8(4-2-7)15(21)22)23-6-9-11(17)12(18)13(19)14(20)24-9/h1-4,9,11-14,17-20H,5-6H2/t9-,11-,12+,13-,14-/m1/s1. The summed E-state index contributed by atoms with van der Waals surface area (Å²) in [5.41, 5.74) is 0.388. The number of nitrogens with zero attached hydrogens (tertiary/aromatic N) is 1. The van der Waals surface area contributed by atoms with Gasteiger partial charge in [-0.05, 0) is 5.56 Å². The number of aliphatic hydroxyl groups is 4. The Morgan fingerprint density at radius 1 is 1.12 bits per heavy atom. The molecule has 24 heavy (non-hydrogen) atoms. The van der Waals surface area contributed by atoms with Gasteiger partial charge in [0.1, 0.15) is 31.0 Å². The maximum Gasteiger partial charge on any atom is 0.310 e. The van der Waals surface area contributed by atoms with E-state index in [1.54, 1.807) is 0 Å². The first-order valence-corrected chi connectivity index (χ1v) is 7.06. The molecule has 0 aromatic heterocycles. The third-order valence-electron chi connectivity index (χ3n) is 3.59. The first kappa shape index (κ1) is 18.2. The summed E-state index contributed by atoms with van der Waals surface area (Å²) in [4.78, 5) is 21.7. The third kappa shape index (κ3) is 4.24. The van der Waals surface area contributed by atoms with Crippen molar-refractivity contribution in [2.45, 2.75) is 37.1 Å². The Hall–Kier alpha value is -2.11. The molecule has 1 aromatic carbocycles. The van der Waals surface area contributed by atoms with E-state index in [2.05, 4.69) is 0 Å². The van der Waals surface area contributed by atoms with Crippen LogP contribution in [0.15, 0.2) is 24.3 Å². The van der Waals surface area contributed by atoms with Gasteiger partial charge in [0, 0.05) is 12.1 Å². The van der Waals surface area contributed by atoms with Crippen LogP contribution in [0.3, 0.4) is 0 Å². The minimum Gasteiger partial charge on any atom is -0.463 e. The van der Waals surface area contributed by atoms with Crippen molar-refractivity contribution in [3.63, 3.8) is 0 Å². The summed E-state index contributed by atoms with van der Waals surface area (Å²) in [5.74, 6) is -0.685. The Bertz CT molecular complexity index is 590. The van der Waals surface area contributed by atoms with Gasteiger partial charge in [-0.3, -0.25) is 14.9 Å². The minimum absolute atomic E-state index is 0.104. The van der Waals surface area contributed by atoms with Crippen LogP contribution in [0.5, 0.6) is 0 Å². The fourth-order valence-electron chi connectivity index (χ4n) is 2.20. The highest BCUT2D eigenvalue weighted by Gasteiger charge is 2.43. The number of hydrogen-bond donors (Lipinski definition) is 4. The van der Waals surface area contributed by atoms with E-state index in [1.807, 2.05) is 0 Å². The first-order valence-electron chi connectivity index (χ1n) is 7.06. The zero-order valence-corrected chi connectivity index (χ0v) is 12.4. The average Bonchev–Trinajstić information content (AvgIpc) is 2.55. The number of hydrogen-bond acceptors (Lipinski definition) is 9. The van der Waals surface area contributed by atoms with E-state index in [-0.39, 0.29) is 12.1 Å². The molecule has 10 heteroatoms. The predicted octanol–water partition coefficient (Wildman–Crippen LogP) is -1.52. The lowest BCUT2D eigenvalue weighted by Gasteiger charge is -2.37. The van der Waals surface area contributed by atoms with Gasteiger partial charge in [-0.15, -0.1) is 0 Å². The van der Waals surface area contributed by atoms with Gasteiger partial charge in [-0.1, -0.05) is 12.1 Å². The molecule has 2 rings (SSSR count). The van der Waals surface area contributed by atoms with Crippen LogP contribution in [-0.2, 0) is 20.7 Å². The predicted molar refractivity (Wildman–Crippen MR) is 76.7 cm³/mol. The lowest BCUT2D eigenvalue weighted by molar-refractivity contribution is -0.384. The molecule has 132 valence electrons. The lowest BCUT2D eigenvalue weighted by atomic mass is 9.99. The highest BCUT2D eigenvalue weighted by Crippen LogP contribution is 2.20. The topological polar surface area (TPSA) is 160 Å². The van der Waals surface area contributed by atoms with Crippen molar-refractivity contribution in [2.75, 3.05) is 6.61 Å². The normalized spacial score (nSPS) is 29.9. The number of non-ortho nitro benzene ring substituents is 1. The molecule has 0 bridgehead atoms. The number of carbonyl (C=O) groups excluding carboxylic acids is 1. The molecule has 0 radical (unpaired) electrons. The van der Waals surface area contributed by atoms with Crippen LogP contribution in [0.25, 0.3) is 0 Å². The van der Waals surface area contributed by atoms with Crippen LogP contribution >= 0.6 is 0 Å². The molecule has 0 saturated carbocycles. The molecule has 4 N–H and O–H groups in total. The molecule has 0 amide bonds. The van der Waals surface area contributed by atoms with E-state index in [0.29, 0.717) is 5.56 Å². The Balaban J connectivity index is 1.85. The lowest BCUT2D eigenvalue weighted by Crippen LogP contribution is -2.58. The molecule has 1 aliphatic heterocycles. The number of carbonyl (C=O) groups is 1.